The van der Waals surface area contributed by atoms with Crippen LogP contribution in [0.1, 0.15) is 21.8 Å². The minimum absolute atomic E-state index is 0.338. The zero-order chi connectivity index (χ0) is 18.3. The maximum Gasteiger partial charge on any atom is 0.330 e. The van der Waals surface area contributed by atoms with E-state index in [1.165, 1.54) is 11.3 Å². The van der Waals surface area contributed by atoms with E-state index in [0.29, 0.717) is 17.1 Å². The van der Waals surface area contributed by atoms with E-state index in [0.717, 1.165) is 27.4 Å². The number of fused-ring (bicyclic) bond motifs is 1. The Balaban J connectivity index is 1.70. The van der Waals surface area contributed by atoms with Crippen molar-refractivity contribution in [2.45, 2.75) is 18.9 Å². The number of carbonyl (C=O) groups is 2. The van der Waals surface area contributed by atoms with E-state index in [-0.39, 0.29) is 5.91 Å². The molecule has 2 aromatic heterocycles. The maximum absolute atomic E-state index is 12.7. The molecule has 1 amide bonds. The average molecular weight is 387 g/mol. The fourth-order valence-electron chi connectivity index (χ4n) is 3.07. The molecule has 1 aliphatic rings. The first-order valence-electron chi connectivity index (χ1n) is 8.18. The van der Waals surface area contributed by atoms with Gasteiger partial charge in [0, 0.05) is 11.1 Å². The van der Waals surface area contributed by atoms with E-state index in [1.807, 2.05) is 41.9 Å². The zero-order valence-corrected chi connectivity index (χ0v) is 15.7. The number of para-hydroxylation sites is 1. The van der Waals surface area contributed by atoms with Crippen LogP contribution < -0.4 is 5.32 Å². The Morgan fingerprint density at radius 2 is 2.08 bits per heavy atom. The van der Waals surface area contributed by atoms with Gasteiger partial charge in [-0.2, -0.15) is 16.9 Å². The molecular weight excluding hydrogens is 370 g/mol. The monoisotopic (exact) mass is 387 g/mol. The standard InChI is InChI=1S/C18H17N3O3S2/c1-11-13-9-14(15(22)19-18(17(23)24)7-8-25-10-18)26-16(13)21(20-11)12-5-3-2-4-6-12/h2-6,9H,7-8,10H2,1H3,(H,19,22)(H,23,24). The van der Waals surface area contributed by atoms with E-state index < -0.39 is 11.5 Å². The number of thioether (sulfide) groups is 1. The molecule has 1 fully saturated rings. The van der Waals surface area contributed by atoms with Crippen molar-refractivity contribution in [2.75, 3.05) is 11.5 Å². The van der Waals surface area contributed by atoms with Gasteiger partial charge in [-0.3, -0.25) is 4.79 Å². The van der Waals surface area contributed by atoms with Crippen LogP contribution in [0.15, 0.2) is 36.4 Å². The molecule has 0 radical (unpaired) electrons. The first-order valence-corrected chi connectivity index (χ1v) is 10.2. The Kier molecular flexibility index (Phi) is 4.24. The molecule has 3 aromatic rings. The molecular formula is C18H17N3O3S2. The van der Waals surface area contributed by atoms with Gasteiger partial charge in [0.1, 0.15) is 10.4 Å². The number of rotatable bonds is 4. The largest absolute Gasteiger partial charge is 0.479 e. The Hall–Kier alpha value is -2.32. The van der Waals surface area contributed by atoms with Crippen LogP contribution in [0.4, 0.5) is 0 Å². The van der Waals surface area contributed by atoms with Gasteiger partial charge in [-0.05, 0) is 37.3 Å². The van der Waals surface area contributed by atoms with Gasteiger partial charge in [0.15, 0.2) is 0 Å². The third-order valence-electron chi connectivity index (χ3n) is 4.55. The second-order valence-electron chi connectivity index (χ2n) is 6.31. The third kappa shape index (κ3) is 2.79. The Morgan fingerprint density at radius 1 is 1.31 bits per heavy atom. The Labute approximate surface area is 158 Å². The van der Waals surface area contributed by atoms with Gasteiger partial charge in [0.25, 0.3) is 5.91 Å². The van der Waals surface area contributed by atoms with Gasteiger partial charge in [0.05, 0.1) is 16.3 Å². The molecule has 4 rings (SSSR count). The summed E-state index contributed by atoms with van der Waals surface area (Å²) in [5.74, 6) is -0.171. The van der Waals surface area contributed by atoms with Crippen molar-refractivity contribution in [1.29, 1.82) is 0 Å². The van der Waals surface area contributed by atoms with Crippen LogP contribution in [0.2, 0.25) is 0 Å². The minimum atomic E-state index is -1.17. The van der Waals surface area contributed by atoms with Crippen LogP contribution in [0, 0.1) is 6.92 Å². The first kappa shape index (κ1) is 17.1. The van der Waals surface area contributed by atoms with Crippen molar-refractivity contribution in [3.63, 3.8) is 0 Å². The summed E-state index contributed by atoms with van der Waals surface area (Å²) in [6.07, 6.45) is 0.445. The summed E-state index contributed by atoms with van der Waals surface area (Å²) in [5, 5.41) is 17.8. The predicted molar refractivity (Wildman–Crippen MR) is 103 cm³/mol. The van der Waals surface area contributed by atoms with Crippen molar-refractivity contribution in [3.8, 4) is 5.69 Å². The summed E-state index contributed by atoms with van der Waals surface area (Å²) in [6.45, 7) is 1.91. The lowest BCUT2D eigenvalue weighted by Crippen LogP contribution is -2.54. The van der Waals surface area contributed by atoms with Crippen molar-refractivity contribution >= 4 is 45.2 Å². The van der Waals surface area contributed by atoms with Gasteiger partial charge < -0.3 is 10.4 Å². The van der Waals surface area contributed by atoms with Gasteiger partial charge in [-0.25, -0.2) is 9.48 Å². The number of nitrogens with zero attached hydrogens (tertiary/aromatic N) is 2. The van der Waals surface area contributed by atoms with Gasteiger partial charge in [0.2, 0.25) is 0 Å². The van der Waals surface area contributed by atoms with Crippen molar-refractivity contribution in [3.05, 3.63) is 47.0 Å². The fraction of sp³-hybridized carbons (Fsp3) is 0.278. The SMILES string of the molecule is Cc1nn(-c2ccccc2)c2sc(C(=O)NC3(C(=O)O)CCSC3)cc12. The molecule has 3 heterocycles. The molecule has 2 N–H and O–H groups in total. The normalized spacial score (nSPS) is 19.7. The molecule has 1 saturated heterocycles. The van der Waals surface area contributed by atoms with Crippen LogP contribution in [0.5, 0.6) is 0 Å². The molecule has 0 saturated carbocycles. The summed E-state index contributed by atoms with van der Waals surface area (Å²) < 4.78 is 1.82. The zero-order valence-electron chi connectivity index (χ0n) is 14.1. The topological polar surface area (TPSA) is 84.2 Å². The molecule has 1 aliphatic heterocycles. The molecule has 134 valence electrons. The van der Waals surface area contributed by atoms with Crippen LogP contribution >= 0.6 is 23.1 Å². The third-order valence-corrected chi connectivity index (χ3v) is 6.85. The van der Waals surface area contributed by atoms with E-state index in [9.17, 15) is 14.7 Å². The highest BCUT2D eigenvalue weighted by molar-refractivity contribution is 7.99. The number of amides is 1. The number of benzene rings is 1. The number of hydrogen-bond acceptors (Lipinski definition) is 5. The number of thiophene rings is 1. The number of hydrogen-bond donors (Lipinski definition) is 2. The number of carboxylic acids is 1. The Morgan fingerprint density at radius 3 is 2.73 bits per heavy atom. The molecule has 8 heteroatoms. The van der Waals surface area contributed by atoms with Crippen LogP contribution in [0.25, 0.3) is 15.9 Å². The van der Waals surface area contributed by atoms with Crippen LogP contribution in [-0.2, 0) is 4.79 Å². The van der Waals surface area contributed by atoms with Crippen LogP contribution in [0.3, 0.4) is 0 Å². The molecule has 26 heavy (non-hydrogen) atoms. The number of aliphatic carboxylic acids is 1. The molecule has 1 unspecified atom stereocenters. The number of carbonyl (C=O) groups excluding carboxylic acids is 1. The van der Waals surface area contributed by atoms with Gasteiger partial charge in [-0.15, -0.1) is 11.3 Å². The highest BCUT2D eigenvalue weighted by atomic mass is 32.2. The fourth-order valence-corrected chi connectivity index (χ4v) is 5.47. The highest BCUT2D eigenvalue weighted by Crippen LogP contribution is 2.32. The number of carboxylic acid groups (broad SMARTS) is 1. The molecule has 0 bridgehead atoms. The van der Waals surface area contributed by atoms with E-state index >= 15 is 0 Å². The van der Waals surface area contributed by atoms with Gasteiger partial charge in [-0.1, -0.05) is 18.2 Å². The summed E-state index contributed by atoms with van der Waals surface area (Å²) in [4.78, 5) is 25.8. The van der Waals surface area contributed by atoms with Crippen LogP contribution in [-0.4, -0.2) is 43.8 Å². The second-order valence-corrected chi connectivity index (χ2v) is 8.44. The summed E-state index contributed by atoms with van der Waals surface area (Å²) >= 11 is 2.88. The first-order chi connectivity index (χ1) is 12.5. The number of aryl methyl sites for hydroxylation is 1. The Bertz CT molecular complexity index is 988. The molecule has 6 nitrogen and oxygen atoms in total. The summed E-state index contributed by atoms with van der Waals surface area (Å²) in [7, 11) is 0. The lowest BCUT2D eigenvalue weighted by Gasteiger charge is -2.24. The van der Waals surface area contributed by atoms with Crippen molar-refractivity contribution in [2.24, 2.45) is 0 Å². The number of nitrogens with one attached hydrogen (secondary N) is 1. The quantitative estimate of drug-likeness (QED) is 0.719. The molecule has 0 spiro atoms. The predicted octanol–water partition coefficient (Wildman–Crippen LogP) is 3.09. The van der Waals surface area contributed by atoms with Gasteiger partial charge >= 0.3 is 5.97 Å². The van der Waals surface area contributed by atoms with E-state index in [1.54, 1.807) is 17.8 Å². The minimum Gasteiger partial charge on any atom is -0.479 e. The molecule has 0 aliphatic carbocycles. The van der Waals surface area contributed by atoms with Crippen molar-refractivity contribution < 1.29 is 14.7 Å². The highest BCUT2D eigenvalue weighted by Gasteiger charge is 2.43. The summed E-state index contributed by atoms with van der Waals surface area (Å²) in [5.41, 5.74) is 0.593. The lowest BCUT2D eigenvalue weighted by atomic mass is 9.99. The van der Waals surface area contributed by atoms with Crippen molar-refractivity contribution in [1.82, 2.24) is 15.1 Å². The molecule has 1 atom stereocenters. The van der Waals surface area contributed by atoms with E-state index in [4.69, 9.17) is 0 Å². The second kappa shape index (κ2) is 6.44. The average Bonchev–Trinajstić information content (AvgIpc) is 3.33. The smallest absolute Gasteiger partial charge is 0.330 e. The maximum atomic E-state index is 12.7. The van der Waals surface area contributed by atoms with E-state index in [2.05, 4.69) is 10.4 Å². The lowest BCUT2D eigenvalue weighted by molar-refractivity contribution is -0.143. The molecule has 1 aromatic carbocycles. The summed E-state index contributed by atoms with van der Waals surface area (Å²) in [6, 6.07) is 11.5. The number of aromatic nitrogens is 2.